The maximum Gasteiger partial charge on any atom is 0.264 e. The number of thiophene rings is 1. The zero-order valence-electron chi connectivity index (χ0n) is 11.8. The number of morpholine rings is 1. The van der Waals surface area contributed by atoms with Crippen molar-refractivity contribution in [2.24, 2.45) is 5.92 Å². The van der Waals surface area contributed by atoms with E-state index in [2.05, 4.69) is 13.0 Å². The van der Waals surface area contributed by atoms with E-state index in [1.54, 1.807) is 11.3 Å². The Bertz CT molecular complexity index is 499. The largest absolute Gasteiger partial charge is 0.394 e. The number of carbonyl (C=O) groups excluding carboxylic acids is 1. The van der Waals surface area contributed by atoms with Crippen LogP contribution in [0.3, 0.4) is 0 Å². The SMILES string of the molecule is CC1CCc2sc(C(=O)N3CCOC(CO)C3)cc2C1. The smallest absolute Gasteiger partial charge is 0.264 e. The minimum atomic E-state index is -0.234. The van der Waals surface area contributed by atoms with Crippen LogP contribution in [0, 0.1) is 5.92 Å². The summed E-state index contributed by atoms with van der Waals surface area (Å²) in [7, 11) is 0. The molecule has 1 saturated heterocycles. The lowest BCUT2D eigenvalue weighted by Crippen LogP contribution is -2.46. The van der Waals surface area contributed by atoms with Gasteiger partial charge in [0.15, 0.2) is 0 Å². The minimum absolute atomic E-state index is 0.0256. The summed E-state index contributed by atoms with van der Waals surface area (Å²) >= 11 is 1.65. The Labute approximate surface area is 123 Å². The lowest BCUT2D eigenvalue weighted by molar-refractivity contribution is -0.0446. The van der Waals surface area contributed by atoms with Gasteiger partial charge < -0.3 is 14.7 Å². The normalized spacial score (nSPS) is 26.4. The molecule has 20 heavy (non-hydrogen) atoms. The average Bonchev–Trinajstić information content (AvgIpc) is 2.89. The van der Waals surface area contributed by atoms with E-state index in [9.17, 15) is 4.79 Å². The van der Waals surface area contributed by atoms with Gasteiger partial charge in [-0.3, -0.25) is 4.79 Å². The van der Waals surface area contributed by atoms with Gasteiger partial charge >= 0.3 is 0 Å². The number of ether oxygens (including phenoxy) is 1. The molecule has 0 saturated carbocycles. The maximum absolute atomic E-state index is 12.6. The molecule has 1 fully saturated rings. The van der Waals surface area contributed by atoms with Crippen LogP contribution < -0.4 is 0 Å². The van der Waals surface area contributed by atoms with Gasteiger partial charge in [-0.1, -0.05) is 6.92 Å². The van der Waals surface area contributed by atoms with Crippen LogP contribution in [0.15, 0.2) is 6.07 Å². The van der Waals surface area contributed by atoms with Crippen molar-refractivity contribution in [2.75, 3.05) is 26.3 Å². The zero-order valence-corrected chi connectivity index (χ0v) is 12.6. The molecule has 0 spiro atoms. The number of aliphatic hydroxyl groups is 1. The van der Waals surface area contributed by atoms with E-state index in [-0.39, 0.29) is 18.6 Å². The fourth-order valence-electron chi connectivity index (χ4n) is 2.98. The molecule has 5 heteroatoms. The van der Waals surface area contributed by atoms with Gasteiger partial charge in [-0.25, -0.2) is 0 Å². The Morgan fingerprint density at radius 3 is 3.25 bits per heavy atom. The van der Waals surface area contributed by atoms with Crippen LogP contribution in [0.2, 0.25) is 0 Å². The molecular formula is C15H21NO3S. The van der Waals surface area contributed by atoms with Gasteiger partial charge in [0, 0.05) is 18.0 Å². The van der Waals surface area contributed by atoms with Crippen LogP contribution in [0.4, 0.5) is 0 Å². The van der Waals surface area contributed by atoms with Crippen LogP contribution >= 0.6 is 11.3 Å². The molecule has 1 aliphatic carbocycles. The number of carbonyl (C=O) groups is 1. The molecule has 0 aromatic carbocycles. The number of hydrogen-bond acceptors (Lipinski definition) is 4. The third-order valence-electron chi connectivity index (χ3n) is 4.17. The van der Waals surface area contributed by atoms with Gasteiger partial charge in [-0.15, -0.1) is 11.3 Å². The lowest BCUT2D eigenvalue weighted by Gasteiger charge is -2.31. The van der Waals surface area contributed by atoms with Crippen LogP contribution in [0.25, 0.3) is 0 Å². The summed E-state index contributed by atoms with van der Waals surface area (Å²) in [4.78, 5) is 16.6. The summed E-state index contributed by atoms with van der Waals surface area (Å²) in [5, 5.41) is 9.16. The third-order valence-corrected chi connectivity index (χ3v) is 5.39. The molecule has 1 amide bonds. The second-order valence-corrected chi connectivity index (χ2v) is 6.97. The first-order valence-electron chi connectivity index (χ1n) is 7.30. The molecule has 0 bridgehead atoms. The molecule has 110 valence electrons. The maximum atomic E-state index is 12.6. The monoisotopic (exact) mass is 295 g/mol. The first kappa shape index (κ1) is 14.0. The quantitative estimate of drug-likeness (QED) is 0.903. The Hall–Kier alpha value is -0.910. The van der Waals surface area contributed by atoms with E-state index in [1.807, 2.05) is 4.90 Å². The van der Waals surface area contributed by atoms with Crippen molar-refractivity contribution in [3.8, 4) is 0 Å². The highest BCUT2D eigenvalue weighted by Gasteiger charge is 2.27. The molecule has 1 aliphatic heterocycles. The van der Waals surface area contributed by atoms with Gasteiger partial charge in [0.2, 0.25) is 0 Å². The third kappa shape index (κ3) is 2.75. The highest BCUT2D eigenvalue weighted by atomic mass is 32.1. The highest BCUT2D eigenvalue weighted by molar-refractivity contribution is 7.14. The number of amides is 1. The van der Waals surface area contributed by atoms with Crippen LogP contribution in [-0.2, 0) is 17.6 Å². The average molecular weight is 295 g/mol. The molecule has 2 atom stereocenters. The van der Waals surface area contributed by atoms with Gasteiger partial charge in [0.1, 0.15) is 0 Å². The summed E-state index contributed by atoms with van der Waals surface area (Å²) in [5.41, 5.74) is 1.36. The van der Waals surface area contributed by atoms with Crippen molar-refractivity contribution < 1.29 is 14.6 Å². The molecule has 3 rings (SSSR count). The Kier molecular flexibility index (Phi) is 4.10. The Morgan fingerprint density at radius 2 is 2.45 bits per heavy atom. The molecule has 2 aliphatic rings. The number of rotatable bonds is 2. The Morgan fingerprint density at radius 1 is 1.60 bits per heavy atom. The molecule has 0 radical (unpaired) electrons. The van der Waals surface area contributed by atoms with E-state index in [4.69, 9.17) is 9.84 Å². The number of hydrogen-bond donors (Lipinski definition) is 1. The lowest BCUT2D eigenvalue weighted by atomic mass is 9.90. The second-order valence-electron chi connectivity index (χ2n) is 5.83. The summed E-state index contributed by atoms with van der Waals surface area (Å²) in [6, 6.07) is 2.08. The van der Waals surface area contributed by atoms with Gasteiger partial charge in [-0.2, -0.15) is 0 Å². The summed E-state index contributed by atoms with van der Waals surface area (Å²) in [5.74, 6) is 0.820. The Balaban J connectivity index is 1.74. The number of aryl methyl sites for hydroxylation is 1. The van der Waals surface area contributed by atoms with Crippen LogP contribution in [-0.4, -0.2) is 48.3 Å². The molecule has 4 nitrogen and oxygen atoms in total. The first-order chi connectivity index (χ1) is 9.67. The number of nitrogens with zero attached hydrogens (tertiary/aromatic N) is 1. The van der Waals surface area contributed by atoms with Crippen molar-refractivity contribution in [1.82, 2.24) is 4.90 Å². The fraction of sp³-hybridized carbons (Fsp3) is 0.667. The summed E-state index contributed by atoms with van der Waals surface area (Å²) < 4.78 is 5.40. The molecule has 1 aromatic rings. The predicted octanol–water partition coefficient (Wildman–Crippen LogP) is 1.71. The van der Waals surface area contributed by atoms with Crippen molar-refractivity contribution in [1.29, 1.82) is 0 Å². The van der Waals surface area contributed by atoms with Crippen LogP contribution in [0.1, 0.15) is 33.5 Å². The standard InChI is InChI=1S/C15H21NO3S/c1-10-2-3-13-11(6-10)7-14(20-13)15(18)16-4-5-19-12(8-16)9-17/h7,10,12,17H,2-6,8-9H2,1H3. The van der Waals surface area contributed by atoms with Gasteiger partial charge in [-0.05, 0) is 36.8 Å². The van der Waals surface area contributed by atoms with Crippen LogP contribution in [0.5, 0.6) is 0 Å². The zero-order chi connectivity index (χ0) is 14.1. The van der Waals surface area contributed by atoms with Gasteiger partial charge in [0.05, 0.1) is 24.2 Å². The van der Waals surface area contributed by atoms with E-state index in [0.717, 1.165) is 23.6 Å². The topological polar surface area (TPSA) is 49.8 Å². The van der Waals surface area contributed by atoms with Gasteiger partial charge in [0.25, 0.3) is 5.91 Å². The first-order valence-corrected chi connectivity index (χ1v) is 8.12. The second kappa shape index (κ2) is 5.84. The van der Waals surface area contributed by atoms with Crippen molar-refractivity contribution in [3.63, 3.8) is 0 Å². The molecule has 2 unspecified atom stereocenters. The summed E-state index contributed by atoms with van der Waals surface area (Å²) in [6.45, 7) is 3.87. The van der Waals surface area contributed by atoms with E-state index in [1.165, 1.54) is 16.9 Å². The molecule has 1 N–H and O–H groups in total. The van der Waals surface area contributed by atoms with E-state index in [0.29, 0.717) is 19.7 Å². The van der Waals surface area contributed by atoms with Crippen molar-refractivity contribution >= 4 is 17.2 Å². The highest BCUT2D eigenvalue weighted by Crippen LogP contribution is 2.32. The number of fused-ring (bicyclic) bond motifs is 1. The van der Waals surface area contributed by atoms with Crippen molar-refractivity contribution in [2.45, 2.75) is 32.3 Å². The van der Waals surface area contributed by atoms with E-state index >= 15 is 0 Å². The molecule has 2 heterocycles. The predicted molar refractivity (Wildman–Crippen MR) is 78.2 cm³/mol. The van der Waals surface area contributed by atoms with E-state index < -0.39 is 0 Å². The summed E-state index contributed by atoms with van der Waals surface area (Å²) in [6.07, 6.45) is 3.20. The van der Waals surface area contributed by atoms with Crippen molar-refractivity contribution in [3.05, 3.63) is 21.4 Å². The number of aliphatic hydroxyl groups excluding tert-OH is 1. The molecule has 1 aromatic heterocycles. The fourth-order valence-corrected chi connectivity index (χ4v) is 4.16. The molecular weight excluding hydrogens is 274 g/mol. The minimum Gasteiger partial charge on any atom is -0.394 e.